The van der Waals surface area contributed by atoms with Crippen LogP contribution in [0.3, 0.4) is 0 Å². The lowest BCUT2D eigenvalue weighted by Gasteiger charge is -2.23. The molecule has 1 aromatic heterocycles. The van der Waals surface area contributed by atoms with Gasteiger partial charge in [0.1, 0.15) is 0 Å². The number of nitrogens with zero attached hydrogens (tertiary/aromatic N) is 2. The van der Waals surface area contributed by atoms with Gasteiger partial charge in [0.15, 0.2) is 0 Å². The van der Waals surface area contributed by atoms with Gasteiger partial charge < -0.3 is 9.88 Å². The fraction of sp³-hybridized carbons (Fsp3) is 0.381. The van der Waals surface area contributed by atoms with Gasteiger partial charge in [0.25, 0.3) is 0 Å². The first kappa shape index (κ1) is 15.3. The Morgan fingerprint density at radius 3 is 2.54 bits per heavy atom. The maximum absolute atomic E-state index is 4.87. The number of benzene rings is 2. The number of rotatable bonds is 4. The summed E-state index contributed by atoms with van der Waals surface area (Å²) < 4.78 is 2.33. The molecule has 3 aromatic rings. The van der Waals surface area contributed by atoms with E-state index in [1.165, 1.54) is 48.7 Å². The SMILES string of the molecule is Cc1ccc(Cn2c(NC3CCCCC3)nc3ccccc32)cc1. The first-order valence-electron chi connectivity index (χ1n) is 9.07. The van der Waals surface area contributed by atoms with Gasteiger partial charge in [-0.25, -0.2) is 4.98 Å². The molecule has 3 nitrogen and oxygen atoms in total. The Kier molecular flexibility index (Phi) is 4.24. The van der Waals surface area contributed by atoms with Crippen LogP contribution in [-0.4, -0.2) is 15.6 Å². The molecule has 1 aliphatic carbocycles. The average molecular weight is 319 g/mol. The number of anilines is 1. The van der Waals surface area contributed by atoms with Gasteiger partial charge in [-0.3, -0.25) is 0 Å². The third-order valence-corrected chi connectivity index (χ3v) is 5.05. The number of hydrogen-bond acceptors (Lipinski definition) is 2. The van der Waals surface area contributed by atoms with Crippen LogP contribution >= 0.6 is 0 Å². The second kappa shape index (κ2) is 6.68. The minimum atomic E-state index is 0.562. The van der Waals surface area contributed by atoms with Crippen molar-refractivity contribution in [2.75, 3.05) is 5.32 Å². The molecule has 1 heterocycles. The molecule has 4 rings (SSSR count). The van der Waals surface area contributed by atoms with Crippen LogP contribution in [0.5, 0.6) is 0 Å². The molecular formula is C21H25N3. The highest BCUT2D eigenvalue weighted by Gasteiger charge is 2.17. The summed E-state index contributed by atoms with van der Waals surface area (Å²) in [5, 5.41) is 3.72. The highest BCUT2D eigenvalue weighted by molar-refractivity contribution is 5.78. The molecule has 1 saturated carbocycles. The zero-order chi connectivity index (χ0) is 16.4. The van der Waals surface area contributed by atoms with Crippen LogP contribution in [-0.2, 0) is 6.54 Å². The summed E-state index contributed by atoms with van der Waals surface area (Å²) in [5.41, 5.74) is 4.89. The van der Waals surface area contributed by atoms with Gasteiger partial charge in [-0.1, -0.05) is 61.2 Å². The van der Waals surface area contributed by atoms with Gasteiger partial charge in [0.2, 0.25) is 5.95 Å². The lowest BCUT2D eigenvalue weighted by atomic mass is 9.96. The Balaban J connectivity index is 1.68. The molecule has 0 atom stereocenters. The molecule has 0 bridgehead atoms. The first-order valence-corrected chi connectivity index (χ1v) is 9.07. The summed E-state index contributed by atoms with van der Waals surface area (Å²) >= 11 is 0. The number of aromatic nitrogens is 2. The van der Waals surface area contributed by atoms with Gasteiger partial charge in [0.05, 0.1) is 17.6 Å². The molecular weight excluding hydrogens is 294 g/mol. The van der Waals surface area contributed by atoms with E-state index in [0.29, 0.717) is 6.04 Å². The normalized spacial score (nSPS) is 15.7. The van der Waals surface area contributed by atoms with Crippen LogP contribution in [0.2, 0.25) is 0 Å². The second-order valence-corrected chi connectivity index (χ2v) is 6.98. The average Bonchev–Trinajstić information content (AvgIpc) is 2.95. The summed E-state index contributed by atoms with van der Waals surface area (Å²) in [6.07, 6.45) is 6.55. The van der Waals surface area contributed by atoms with E-state index in [2.05, 4.69) is 65.3 Å². The number of para-hydroxylation sites is 2. The van der Waals surface area contributed by atoms with Crippen molar-refractivity contribution in [3.8, 4) is 0 Å². The van der Waals surface area contributed by atoms with Crippen molar-refractivity contribution >= 4 is 17.0 Å². The quantitative estimate of drug-likeness (QED) is 0.722. The van der Waals surface area contributed by atoms with Crippen LogP contribution in [0.15, 0.2) is 48.5 Å². The van der Waals surface area contributed by atoms with Crippen molar-refractivity contribution in [3.05, 3.63) is 59.7 Å². The zero-order valence-electron chi connectivity index (χ0n) is 14.3. The van der Waals surface area contributed by atoms with Gasteiger partial charge in [0, 0.05) is 6.04 Å². The van der Waals surface area contributed by atoms with Crippen LogP contribution in [0.4, 0.5) is 5.95 Å². The molecule has 0 amide bonds. The molecule has 1 N–H and O–H groups in total. The van der Waals surface area contributed by atoms with Crippen molar-refractivity contribution in [3.63, 3.8) is 0 Å². The second-order valence-electron chi connectivity index (χ2n) is 6.98. The lowest BCUT2D eigenvalue weighted by Crippen LogP contribution is -2.24. The number of hydrogen-bond donors (Lipinski definition) is 1. The highest BCUT2D eigenvalue weighted by atomic mass is 15.2. The van der Waals surface area contributed by atoms with E-state index >= 15 is 0 Å². The molecule has 1 aliphatic rings. The molecule has 2 aromatic carbocycles. The van der Waals surface area contributed by atoms with Gasteiger partial charge in [-0.2, -0.15) is 0 Å². The maximum atomic E-state index is 4.87. The van der Waals surface area contributed by atoms with Gasteiger partial charge >= 0.3 is 0 Å². The molecule has 1 fully saturated rings. The summed E-state index contributed by atoms with van der Waals surface area (Å²) in [5.74, 6) is 1.02. The standard InChI is InChI=1S/C21H25N3/c1-16-11-13-17(14-12-16)15-24-20-10-6-5-9-19(20)23-21(24)22-18-7-3-2-4-8-18/h5-6,9-14,18H,2-4,7-8,15H2,1H3,(H,22,23). The molecule has 24 heavy (non-hydrogen) atoms. The minimum Gasteiger partial charge on any atom is -0.353 e. The number of aryl methyl sites for hydroxylation is 1. The van der Waals surface area contributed by atoms with E-state index in [-0.39, 0.29) is 0 Å². The van der Waals surface area contributed by atoms with E-state index < -0.39 is 0 Å². The van der Waals surface area contributed by atoms with Crippen molar-refractivity contribution in [1.82, 2.24) is 9.55 Å². The van der Waals surface area contributed by atoms with Crippen LogP contribution in [0.1, 0.15) is 43.2 Å². The monoisotopic (exact) mass is 319 g/mol. The largest absolute Gasteiger partial charge is 0.353 e. The van der Waals surface area contributed by atoms with E-state index in [0.717, 1.165) is 18.0 Å². The number of nitrogens with one attached hydrogen (secondary N) is 1. The predicted molar refractivity (Wildman–Crippen MR) is 101 cm³/mol. The third kappa shape index (κ3) is 3.16. The Morgan fingerprint density at radius 1 is 1.00 bits per heavy atom. The Labute approximate surface area is 143 Å². The van der Waals surface area contributed by atoms with Crippen LogP contribution in [0, 0.1) is 6.92 Å². The fourth-order valence-corrected chi connectivity index (χ4v) is 3.65. The van der Waals surface area contributed by atoms with Crippen molar-refractivity contribution in [2.45, 2.75) is 51.6 Å². The van der Waals surface area contributed by atoms with Crippen LogP contribution in [0.25, 0.3) is 11.0 Å². The smallest absolute Gasteiger partial charge is 0.204 e. The van der Waals surface area contributed by atoms with Crippen molar-refractivity contribution in [1.29, 1.82) is 0 Å². The molecule has 0 aliphatic heterocycles. The summed E-state index contributed by atoms with van der Waals surface area (Å²) in [6, 6.07) is 17.8. The van der Waals surface area contributed by atoms with E-state index in [1.807, 2.05) is 0 Å². The highest BCUT2D eigenvalue weighted by Crippen LogP contribution is 2.25. The van der Waals surface area contributed by atoms with Gasteiger partial charge in [-0.15, -0.1) is 0 Å². The lowest BCUT2D eigenvalue weighted by molar-refractivity contribution is 0.459. The third-order valence-electron chi connectivity index (χ3n) is 5.05. The van der Waals surface area contributed by atoms with E-state index in [1.54, 1.807) is 0 Å². The van der Waals surface area contributed by atoms with Crippen LogP contribution < -0.4 is 5.32 Å². The Bertz CT molecular complexity index is 811. The molecule has 0 spiro atoms. The predicted octanol–water partition coefficient (Wildman–Crippen LogP) is 5.14. The molecule has 0 unspecified atom stereocenters. The number of imidazole rings is 1. The molecule has 0 radical (unpaired) electrons. The molecule has 0 saturated heterocycles. The van der Waals surface area contributed by atoms with Gasteiger partial charge in [-0.05, 0) is 37.5 Å². The Morgan fingerprint density at radius 2 is 1.75 bits per heavy atom. The maximum Gasteiger partial charge on any atom is 0.204 e. The minimum absolute atomic E-state index is 0.562. The first-order chi connectivity index (χ1) is 11.8. The molecule has 124 valence electrons. The van der Waals surface area contributed by atoms with E-state index in [9.17, 15) is 0 Å². The van der Waals surface area contributed by atoms with Crippen molar-refractivity contribution in [2.24, 2.45) is 0 Å². The number of fused-ring (bicyclic) bond motifs is 1. The summed E-state index contributed by atoms with van der Waals surface area (Å²) in [6.45, 7) is 2.99. The topological polar surface area (TPSA) is 29.9 Å². The Hall–Kier alpha value is -2.29. The van der Waals surface area contributed by atoms with Crippen molar-refractivity contribution < 1.29 is 0 Å². The van der Waals surface area contributed by atoms with E-state index in [4.69, 9.17) is 4.98 Å². The summed E-state index contributed by atoms with van der Waals surface area (Å²) in [4.78, 5) is 4.87. The summed E-state index contributed by atoms with van der Waals surface area (Å²) in [7, 11) is 0. The zero-order valence-corrected chi connectivity index (χ0v) is 14.3. The fourth-order valence-electron chi connectivity index (χ4n) is 3.65. The molecule has 3 heteroatoms.